The SMILES string of the molecule is O=C(COc1ccc2c(c1)CCC(=O)N2)NCC1(c2cccc(Cl)c2)CCOCC1. The summed E-state index contributed by atoms with van der Waals surface area (Å²) in [5, 5.41) is 6.56. The first-order chi connectivity index (χ1) is 14.5. The molecule has 4 rings (SSSR count). The largest absolute Gasteiger partial charge is 0.484 e. The normalized spacial score (nSPS) is 17.6. The third-order valence-electron chi connectivity index (χ3n) is 5.85. The lowest BCUT2D eigenvalue weighted by Gasteiger charge is -2.38. The zero-order chi connectivity index (χ0) is 21.0. The van der Waals surface area contributed by atoms with Crippen molar-refractivity contribution in [2.24, 2.45) is 0 Å². The lowest BCUT2D eigenvalue weighted by molar-refractivity contribution is -0.123. The maximum Gasteiger partial charge on any atom is 0.257 e. The number of ether oxygens (including phenoxy) is 2. The number of anilines is 1. The number of nitrogens with one attached hydrogen (secondary N) is 2. The fraction of sp³-hybridized carbons (Fsp3) is 0.391. The van der Waals surface area contributed by atoms with E-state index < -0.39 is 0 Å². The minimum absolute atomic E-state index is 0.0253. The van der Waals surface area contributed by atoms with Gasteiger partial charge in [0.25, 0.3) is 5.91 Å². The molecule has 2 aliphatic heterocycles. The topological polar surface area (TPSA) is 76.7 Å². The van der Waals surface area contributed by atoms with E-state index in [1.165, 1.54) is 0 Å². The van der Waals surface area contributed by atoms with Crippen LogP contribution in [0.4, 0.5) is 5.69 Å². The fourth-order valence-electron chi connectivity index (χ4n) is 4.07. The van der Waals surface area contributed by atoms with E-state index >= 15 is 0 Å². The Morgan fingerprint density at radius 1 is 1.17 bits per heavy atom. The van der Waals surface area contributed by atoms with Gasteiger partial charge in [-0.1, -0.05) is 23.7 Å². The molecule has 0 spiro atoms. The number of carbonyl (C=O) groups excluding carboxylic acids is 2. The zero-order valence-electron chi connectivity index (χ0n) is 16.7. The molecule has 0 unspecified atom stereocenters. The molecule has 158 valence electrons. The summed E-state index contributed by atoms with van der Waals surface area (Å²) in [5.74, 6) is 0.474. The molecule has 30 heavy (non-hydrogen) atoms. The summed E-state index contributed by atoms with van der Waals surface area (Å²) in [6.45, 7) is 1.76. The maximum atomic E-state index is 12.5. The molecule has 2 aliphatic rings. The van der Waals surface area contributed by atoms with E-state index in [4.69, 9.17) is 21.1 Å². The van der Waals surface area contributed by atoms with Gasteiger partial charge >= 0.3 is 0 Å². The van der Waals surface area contributed by atoms with Gasteiger partial charge in [0.1, 0.15) is 5.75 Å². The Morgan fingerprint density at radius 3 is 2.80 bits per heavy atom. The summed E-state index contributed by atoms with van der Waals surface area (Å²) < 4.78 is 11.2. The van der Waals surface area contributed by atoms with Crippen LogP contribution in [-0.4, -0.2) is 38.2 Å². The molecule has 0 aliphatic carbocycles. The number of halogens is 1. The van der Waals surface area contributed by atoms with Crippen molar-refractivity contribution in [1.29, 1.82) is 0 Å². The third-order valence-corrected chi connectivity index (χ3v) is 6.09. The van der Waals surface area contributed by atoms with Crippen molar-refractivity contribution in [1.82, 2.24) is 5.32 Å². The zero-order valence-corrected chi connectivity index (χ0v) is 17.5. The van der Waals surface area contributed by atoms with Crippen molar-refractivity contribution in [3.8, 4) is 5.75 Å². The monoisotopic (exact) mass is 428 g/mol. The maximum absolute atomic E-state index is 12.5. The van der Waals surface area contributed by atoms with E-state index in [-0.39, 0.29) is 23.8 Å². The molecule has 2 heterocycles. The van der Waals surface area contributed by atoms with Crippen LogP contribution in [0, 0.1) is 0 Å². The van der Waals surface area contributed by atoms with Gasteiger partial charge in [0.05, 0.1) is 0 Å². The van der Waals surface area contributed by atoms with Gasteiger partial charge < -0.3 is 20.1 Å². The van der Waals surface area contributed by atoms with Crippen molar-refractivity contribution in [2.75, 3.05) is 31.7 Å². The summed E-state index contributed by atoms with van der Waals surface area (Å²) in [7, 11) is 0. The van der Waals surface area contributed by atoms with Crippen LogP contribution in [-0.2, 0) is 26.2 Å². The fourth-order valence-corrected chi connectivity index (χ4v) is 4.26. The Hall–Kier alpha value is -2.57. The van der Waals surface area contributed by atoms with E-state index in [0.29, 0.717) is 43.4 Å². The van der Waals surface area contributed by atoms with Crippen LogP contribution in [0.1, 0.15) is 30.4 Å². The summed E-state index contributed by atoms with van der Waals surface area (Å²) in [6, 6.07) is 13.3. The van der Waals surface area contributed by atoms with Gasteiger partial charge in [-0.15, -0.1) is 0 Å². The average molecular weight is 429 g/mol. The quantitative estimate of drug-likeness (QED) is 0.738. The van der Waals surface area contributed by atoms with Crippen LogP contribution in [0.5, 0.6) is 5.75 Å². The van der Waals surface area contributed by atoms with E-state index in [1.54, 1.807) is 6.07 Å². The highest BCUT2D eigenvalue weighted by atomic mass is 35.5. The highest BCUT2D eigenvalue weighted by molar-refractivity contribution is 6.30. The number of aryl methyl sites for hydroxylation is 1. The molecule has 1 saturated heterocycles. The van der Waals surface area contributed by atoms with Crippen LogP contribution in [0.15, 0.2) is 42.5 Å². The third kappa shape index (κ3) is 4.77. The molecule has 2 amide bonds. The number of amides is 2. The molecule has 0 saturated carbocycles. The first-order valence-corrected chi connectivity index (χ1v) is 10.6. The van der Waals surface area contributed by atoms with E-state index in [2.05, 4.69) is 16.7 Å². The molecule has 0 aromatic heterocycles. The van der Waals surface area contributed by atoms with Crippen LogP contribution in [0.3, 0.4) is 0 Å². The van der Waals surface area contributed by atoms with Gasteiger partial charge in [-0.25, -0.2) is 0 Å². The highest BCUT2D eigenvalue weighted by Crippen LogP contribution is 2.35. The number of hydrogen-bond donors (Lipinski definition) is 2. The number of hydrogen-bond acceptors (Lipinski definition) is 4. The second-order valence-electron chi connectivity index (χ2n) is 7.84. The Kier molecular flexibility index (Phi) is 6.25. The van der Waals surface area contributed by atoms with Gasteiger partial charge in [-0.2, -0.15) is 0 Å². The van der Waals surface area contributed by atoms with E-state index in [0.717, 1.165) is 29.7 Å². The van der Waals surface area contributed by atoms with Crippen molar-refractivity contribution in [3.63, 3.8) is 0 Å². The standard InChI is InChI=1S/C23H25ClN2O4/c24-18-3-1-2-17(13-18)23(8-10-29-11-9-23)15-25-22(28)14-30-19-5-6-20-16(12-19)4-7-21(27)26-20/h1-3,5-6,12-13H,4,7-11,14-15H2,(H,25,28)(H,26,27). The minimum Gasteiger partial charge on any atom is -0.484 e. The second-order valence-corrected chi connectivity index (χ2v) is 8.27. The number of rotatable bonds is 6. The molecule has 0 radical (unpaired) electrons. The Balaban J connectivity index is 1.36. The van der Waals surface area contributed by atoms with Gasteiger partial charge in [0.2, 0.25) is 5.91 Å². The molecule has 0 bridgehead atoms. The van der Waals surface area contributed by atoms with Crippen molar-refractivity contribution in [3.05, 3.63) is 58.6 Å². The van der Waals surface area contributed by atoms with Crippen LogP contribution < -0.4 is 15.4 Å². The van der Waals surface area contributed by atoms with Gasteiger partial charge in [-0.3, -0.25) is 9.59 Å². The van der Waals surface area contributed by atoms with Gasteiger partial charge in [0, 0.05) is 42.3 Å². The van der Waals surface area contributed by atoms with Crippen molar-refractivity contribution >= 4 is 29.1 Å². The molecule has 1 fully saturated rings. The van der Waals surface area contributed by atoms with Crippen molar-refractivity contribution < 1.29 is 19.1 Å². The van der Waals surface area contributed by atoms with Crippen molar-refractivity contribution in [2.45, 2.75) is 31.1 Å². The smallest absolute Gasteiger partial charge is 0.257 e. The van der Waals surface area contributed by atoms with Gasteiger partial charge in [-0.05, 0) is 60.7 Å². The lowest BCUT2D eigenvalue weighted by atomic mass is 9.74. The molecular formula is C23H25ClN2O4. The minimum atomic E-state index is -0.192. The van der Waals surface area contributed by atoms with Crippen LogP contribution in [0.2, 0.25) is 5.02 Å². The first kappa shape index (κ1) is 20.7. The number of benzene rings is 2. The molecule has 7 heteroatoms. The Labute approximate surface area is 180 Å². The number of carbonyl (C=O) groups is 2. The molecule has 2 aromatic rings. The summed E-state index contributed by atoms with van der Waals surface area (Å²) >= 11 is 6.20. The predicted octanol–water partition coefficient (Wildman–Crippen LogP) is 3.47. The molecule has 0 atom stereocenters. The number of fused-ring (bicyclic) bond motifs is 1. The van der Waals surface area contributed by atoms with Crippen LogP contribution in [0.25, 0.3) is 0 Å². The summed E-state index contributed by atoms with van der Waals surface area (Å²) in [5.41, 5.74) is 2.76. The molecular weight excluding hydrogens is 404 g/mol. The predicted molar refractivity (Wildman–Crippen MR) is 115 cm³/mol. The molecule has 2 aromatic carbocycles. The average Bonchev–Trinajstić information content (AvgIpc) is 2.77. The Morgan fingerprint density at radius 2 is 2.00 bits per heavy atom. The van der Waals surface area contributed by atoms with E-state index in [9.17, 15) is 9.59 Å². The van der Waals surface area contributed by atoms with Gasteiger partial charge in [0.15, 0.2) is 6.61 Å². The first-order valence-electron chi connectivity index (χ1n) is 10.2. The highest BCUT2D eigenvalue weighted by Gasteiger charge is 2.35. The summed E-state index contributed by atoms with van der Waals surface area (Å²) in [6.07, 6.45) is 2.79. The van der Waals surface area contributed by atoms with Crippen LogP contribution >= 0.6 is 11.6 Å². The summed E-state index contributed by atoms with van der Waals surface area (Å²) in [4.78, 5) is 23.9. The Bertz CT molecular complexity index is 941. The molecule has 2 N–H and O–H groups in total. The molecule has 6 nitrogen and oxygen atoms in total. The van der Waals surface area contributed by atoms with E-state index in [1.807, 2.05) is 30.3 Å². The second kappa shape index (κ2) is 9.06. The lowest BCUT2D eigenvalue weighted by Crippen LogP contribution is -2.45.